The summed E-state index contributed by atoms with van der Waals surface area (Å²) in [7, 11) is 0. The molecule has 0 unspecified atom stereocenters. The van der Waals surface area contributed by atoms with Crippen LogP contribution in [0.15, 0.2) is 42.5 Å². The standard InChI is InChI=1S/C18H13ClF5NO3/c19-10-5-6-16-12(7-10)13(8-17(20,21)18(22,23)24)14(9-25(26)27)11-3-1-2-4-15(11)28-16/h1-7,13-14H,8-9H2/t13-,14-/m1/s1. The second-order valence-electron chi connectivity index (χ2n) is 6.46. The molecule has 0 amide bonds. The molecule has 0 saturated heterocycles. The maximum absolute atomic E-state index is 14.0. The van der Waals surface area contributed by atoms with Gasteiger partial charge in [0, 0.05) is 33.4 Å². The van der Waals surface area contributed by atoms with Crippen LogP contribution in [0, 0.1) is 10.1 Å². The van der Waals surface area contributed by atoms with Gasteiger partial charge in [-0.3, -0.25) is 10.1 Å². The minimum atomic E-state index is -5.79. The van der Waals surface area contributed by atoms with Gasteiger partial charge in [-0.25, -0.2) is 0 Å². The number of ether oxygens (including phenoxy) is 1. The van der Waals surface area contributed by atoms with Crippen LogP contribution in [0.5, 0.6) is 11.5 Å². The molecule has 0 radical (unpaired) electrons. The molecule has 0 fully saturated rings. The maximum Gasteiger partial charge on any atom is 0.453 e. The lowest BCUT2D eigenvalue weighted by molar-refractivity contribution is -0.484. The molecule has 150 valence electrons. The van der Waals surface area contributed by atoms with Gasteiger partial charge in [0.05, 0.1) is 5.92 Å². The minimum absolute atomic E-state index is 0.0283. The van der Waals surface area contributed by atoms with Crippen molar-refractivity contribution in [1.29, 1.82) is 0 Å². The van der Waals surface area contributed by atoms with Crippen LogP contribution in [0.3, 0.4) is 0 Å². The molecule has 0 aromatic heterocycles. The first kappa shape index (κ1) is 20.3. The van der Waals surface area contributed by atoms with Crippen LogP contribution >= 0.6 is 11.6 Å². The Morgan fingerprint density at radius 3 is 2.29 bits per heavy atom. The molecule has 10 heteroatoms. The summed E-state index contributed by atoms with van der Waals surface area (Å²) < 4.78 is 72.3. The van der Waals surface area contributed by atoms with Gasteiger partial charge in [0.2, 0.25) is 6.54 Å². The van der Waals surface area contributed by atoms with Gasteiger partial charge in [0.25, 0.3) is 0 Å². The fraction of sp³-hybridized carbons (Fsp3) is 0.333. The zero-order chi connectivity index (χ0) is 20.7. The summed E-state index contributed by atoms with van der Waals surface area (Å²) >= 11 is 5.92. The van der Waals surface area contributed by atoms with E-state index < -0.39 is 41.8 Å². The van der Waals surface area contributed by atoms with E-state index in [1.807, 2.05) is 0 Å². The Morgan fingerprint density at radius 2 is 1.64 bits per heavy atom. The van der Waals surface area contributed by atoms with Crippen LogP contribution in [0.4, 0.5) is 22.0 Å². The molecule has 1 heterocycles. The van der Waals surface area contributed by atoms with E-state index in [0.717, 1.165) is 0 Å². The van der Waals surface area contributed by atoms with Crippen molar-refractivity contribution < 1.29 is 31.6 Å². The Hall–Kier alpha value is -2.42. The van der Waals surface area contributed by atoms with E-state index in [0.29, 0.717) is 0 Å². The summed E-state index contributed by atoms with van der Waals surface area (Å²) in [6.07, 6.45) is -7.46. The Kier molecular flexibility index (Phi) is 5.22. The Bertz CT molecular complexity index is 903. The second-order valence-corrected chi connectivity index (χ2v) is 6.89. The number of rotatable bonds is 4. The van der Waals surface area contributed by atoms with Gasteiger partial charge in [-0.05, 0) is 24.3 Å². The average Bonchev–Trinajstić information content (AvgIpc) is 2.69. The highest BCUT2D eigenvalue weighted by molar-refractivity contribution is 6.30. The number of nitro groups is 1. The summed E-state index contributed by atoms with van der Waals surface area (Å²) in [6.45, 7) is -0.842. The molecule has 2 aromatic carbocycles. The predicted molar refractivity (Wildman–Crippen MR) is 90.9 cm³/mol. The van der Waals surface area contributed by atoms with E-state index in [-0.39, 0.29) is 27.6 Å². The van der Waals surface area contributed by atoms with Crippen molar-refractivity contribution in [2.24, 2.45) is 0 Å². The van der Waals surface area contributed by atoms with Gasteiger partial charge < -0.3 is 4.74 Å². The van der Waals surface area contributed by atoms with Crippen LogP contribution in [0.1, 0.15) is 29.4 Å². The lowest BCUT2D eigenvalue weighted by Gasteiger charge is -2.29. The number of halogens is 6. The summed E-state index contributed by atoms with van der Waals surface area (Å²) in [5.74, 6) is -7.66. The highest BCUT2D eigenvalue weighted by atomic mass is 35.5. The fourth-order valence-corrected chi connectivity index (χ4v) is 3.54. The monoisotopic (exact) mass is 421 g/mol. The largest absolute Gasteiger partial charge is 0.457 e. The molecule has 0 spiro atoms. The lowest BCUT2D eigenvalue weighted by atomic mass is 9.78. The molecule has 0 bridgehead atoms. The normalized spacial score (nSPS) is 19.2. The molecule has 1 aliphatic heterocycles. The van der Waals surface area contributed by atoms with Crippen LogP contribution in [-0.4, -0.2) is 23.6 Å². The van der Waals surface area contributed by atoms with E-state index in [4.69, 9.17) is 16.3 Å². The lowest BCUT2D eigenvalue weighted by Crippen LogP contribution is -2.39. The summed E-state index contributed by atoms with van der Waals surface area (Å²) in [5.41, 5.74) is 0.161. The molecular formula is C18H13ClF5NO3. The van der Waals surface area contributed by atoms with Crippen molar-refractivity contribution >= 4 is 11.6 Å². The highest BCUT2D eigenvalue weighted by Crippen LogP contribution is 2.52. The Balaban J connectivity index is 2.21. The fourth-order valence-electron chi connectivity index (χ4n) is 3.36. The first-order chi connectivity index (χ1) is 13.0. The minimum Gasteiger partial charge on any atom is -0.457 e. The Morgan fingerprint density at radius 1 is 1.00 bits per heavy atom. The number of hydrogen-bond donors (Lipinski definition) is 0. The molecule has 3 rings (SSSR count). The van der Waals surface area contributed by atoms with Crippen LogP contribution in [-0.2, 0) is 0 Å². The third kappa shape index (κ3) is 3.89. The third-order valence-electron chi connectivity index (χ3n) is 4.63. The van der Waals surface area contributed by atoms with E-state index in [9.17, 15) is 32.1 Å². The predicted octanol–water partition coefficient (Wildman–Crippen LogP) is 6.18. The number of para-hydroxylation sites is 1. The maximum atomic E-state index is 14.0. The van der Waals surface area contributed by atoms with Gasteiger partial charge in [0.1, 0.15) is 11.5 Å². The van der Waals surface area contributed by atoms with Crippen LogP contribution in [0.25, 0.3) is 0 Å². The van der Waals surface area contributed by atoms with Gasteiger partial charge in [-0.2, -0.15) is 22.0 Å². The number of alkyl halides is 5. The van der Waals surface area contributed by atoms with Gasteiger partial charge in [-0.1, -0.05) is 29.8 Å². The molecule has 0 saturated carbocycles. The molecule has 28 heavy (non-hydrogen) atoms. The average molecular weight is 422 g/mol. The van der Waals surface area contributed by atoms with Crippen molar-refractivity contribution in [2.45, 2.75) is 30.4 Å². The number of hydrogen-bond acceptors (Lipinski definition) is 3. The highest BCUT2D eigenvalue weighted by Gasteiger charge is 2.59. The van der Waals surface area contributed by atoms with Gasteiger partial charge in [-0.15, -0.1) is 0 Å². The summed E-state index contributed by atoms with van der Waals surface area (Å²) in [4.78, 5) is 10.5. The number of nitrogens with zero attached hydrogens (tertiary/aromatic N) is 1. The van der Waals surface area contributed by atoms with Crippen molar-refractivity contribution in [3.05, 3.63) is 68.7 Å². The van der Waals surface area contributed by atoms with Crippen molar-refractivity contribution in [3.63, 3.8) is 0 Å². The van der Waals surface area contributed by atoms with Crippen molar-refractivity contribution in [2.75, 3.05) is 6.54 Å². The molecule has 0 N–H and O–H groups in total. The molecule has 1 aliphatic rings. The molecule has 4 nitrogen and oxygen atoms in total. The van der Waals surface area contributed by atoms with Crippen LogP contribution in [0.2, 0.25) is 5.02 Å². The Labute approximate surface area is 161 Å². The van der Waals surface area contributed by atoms with Crippen molar-refractivity contribution in [3.8, 4) is 11.5 Å². The first-order valence-electron chi connectivity index (χ1n) is 8.12. The topological polar surface area (TPSA) is 52.4 Å². The molecular weight excluding hydrogens is 409 g/mol. The summed E-state index contributed by atoms with van der Waals surface area (Å²) in [6, 6.07) is 9.95. The van der Waals surface area contributed by atoms with E-state index in [1.165, 1.54) is 36.4 Å². The number of fused-ring (bicyclic) bond motifs is 2. The quantitative estimate of drug-likeness (QED) is 0.336. The second kappa shape index (κ2) is 7.20. The van der Waals surface area contributed by atoms with E-state index in [2.05, 4.69) is 0 Å². The third-order valence-corrected chi connectivity index (χ3v) is 4.87. The zero-order valence-corrected chi connectivity index (χ0v) is 14.8. The smallest absolute Gasteiger partial charge is 0.453 e. The van der Waals surface area contributed by atoms with Crippen LogP contribution < -0.4 is 4.74 Å². The van der Waals surface area contributed by atoms with Gasteiger partial charge in [0.15, 0.2) is 0 Å². The number of benzene rings is 2. The summed E-state index contributed by atoms with van der Waals surface area (Å²) in [5, 5.41) is 11.3. The SMILES string of the molecule is O=[N+]([O-])C[C@@H]1c2ccccc2Oc2ccc(Cl)cc2[C@H]1CC(F)(F)C(F)(F)F. The van der Waals surface area contributed by atoms with E-state index in [1.54, 1.807) is 6.07 Å². The van der Waals surface area contributed by atoms with Crippen molar-refractivity contribution in [1.82, 2.24) is 0 Å². The first-order valence-corrected chi connectivity index (χ1v) is 8.50. The van der Waals surface area contributed by atoms with Gasteiger partial charge >= 0.3 is 12.1 Å². The molecule has 0 aliphatic carbocycles. The zero-order valence-electron chi connectivity index (χ0n) is 14.1. The molecule has 2 atom stereocenters. The molecule has 2 aromatic rings. The van der Waals surface area contributed by atoms with E-state index >= 15 is 0 Å².